The van der Waals surface area contributed by atoms with Crippen molar-refractivity contribution in [3.63, 3.8) is 0 Å². The van der Waals surface area contributed by atoms with E-state index in [0.29, 0.717) is 11.8 Å². The average molecular weight is 251 g/mol. The molecule has 0 aliphatic heterocycles. The Morgan fingerprint density at radius 2 is 2.40 bits per heavy atom. The van der Waals surface area contributed by atoms with Crippen molar-refractivity contribution < 1.29 is 9.18 Å². The van der Waals surface area contributed by atoms with Gasteiger partial charge in [-0.1, -0.05) is 0 Å². The highest BCUT2D eigenvalue weighted by Crippen LogP contribution is 2.11. The first-order valence-electron chi connectivity index (χ1n) is 2.51. The summed E-state index contributed by atoms with van der Waals surface area (Å²) in [4.78, 5) is 13.5. The van der Waals surface area contributed by atoms with Gasteiger partial charge < -0.3 is 0 Å². The molecule has 1 heterocycles. The Labute approximate surface area is 70.6 Å². The molecule has 0 aliphatic carbocycles. The first kappa shape index (κ1) is 7.59. The molecule has 2 nitrogen and oxygen atoms in total. The van der Waals surface area contributed by atoms with Gasteiger partial charge in [0.05, 0.1) is 3.57 Å². The van der Waals surface area contributed by atoms with Crippen molar-refractivity contribution in [2.24, 2.45) is 0 Å². The van der Waals surface area contributed by atoms with Gasteiger partial charge >= 0.3 is 0 Å². The van der Waals surface area contributed by atoms with Crippen molar-refractivity contribution in [2.45, 2.75) is 0 Å². The van der Waals surface area contributed by atoms with Crippen molar-refractivity contribution >= 4 is 28.9 Å². The Bertz CT molecular complexity index is 264. The first-order valence-corrected chi connectivity index (χ1v) is 3.58. The zero-order valence-corrected chi connectivity index (χ0v) is 7.00. The van der Waals surface area contributed by atoms with Crippen LogP contribution in [0, 0.1) is 9.52 Å². The molecule has 0 atom stereocenters. The van der Waals surface area contributed by atoms with Gasteiger partial charge in [0.25, 0.3) is 0 Å². The van der Waals surface area contributed by atoms with E-state index in [1.165, 1.54) is 12.3 Å². The minimum atomic E-state index is -0.592. The molecule has 52 valence electrons. The molecule has 0 amide bonds. The molecular formula is C6H3FINO. The second kappa shape index (κ2) is 3.05. The third-order valence-corrected chi connectivity index (χ3v) is 2.07. The van der Waals surface area contributed by atoms with E-state index in [1.54, 1.807) is 22.6 Å². The fraction of sp³-hybridized carbons (Fsp3) is 0. The van der Waals surface area contributed by atoms with Crippen molar-refractivity contribution in [3.05, 3.63) is 27.3 Å². The predicted molar refractivity (Wildman–Crippen MR) is 42.3 cm³/mol. The highest BCUT2D eigenvalue weighted by molar-refractivity contribution is 14.1. The summed E-state index contributed by atoms with van der Waals surface area (Å²) >= 11 is 1.74. The van der Waals surface area contributed by atoms with Gasteiger partial charge in [-0.05, 0) is 28.7 Å². The Hall–Kier alpha value is -0.520. The largest absolute Gasteiger partial charge is 0.298 e. The fourth-order valence-corrected chi connectivity index (χ4v) is 0.969. The molecule has 0 spiro atoms. The minimum absolute atomic E-state index is 0.273. The Balaban J connectivity index is 3.27. The van der Waals surface area contributed by atoms with Gasteiger partial charge in [-0.25, -0.2) is 4.98 Å². The number of hydrogen-bond donors (Lipinski definition) is 0. The third kappa shape index (κ3) is 1.31. The van der Waals surface area contributed by atoms with Crippen LogP contribution in [-0.2, 0) is 0 Å². The van der Waals surface area contributed by atoms with Gasteiger partial charge in [-0.3, -0.25) is 4.79 Å². The number of aromatic nitrogens is 1. The van der Waals surface area contributed by atoms with Gasteiger partial charge in [-0.2, -0.15) is 4.39 Å². The zero-order valence-electron chi connectivity index (χ0n) is 4.84. The van der Waals surface area contributed by atoms with Crippen LogP contribution in [0.3, 0.4) is 0 Å². The van der Waals surface area contributed by atoms with Crippen LogP contribution >= 0.6 is 22.6 Å². The Kier molecular flexibility index (Phi) is 2.31. The quantitative estimate of drug-likeness (QED) is 0.431. The van der Waals surface area contributed by atoms with Gasteiger partial charge in [0, 0.05) is 11.8 Å². The molecule has 1 rings (SSSR count). The van der Waals surface area contributed by atoms with E-state index in [0.717, 1.165) is 0 Å². The molecule has 0 saturated carbocycles. The Morgan fingerprint density at radius 3 is 2.90 bits per heavy atom. The number of carbonyl (C=O) groups excluding carboxylic acids is 1. The molecule has 0 N–H and O–H groups in total. The van der Waals surface area contributed by atoms with Crippen LogP contribution in [0.15, 0.2) is 12.3 Å². The lowest BCUT2D eigenvalue weighted by molar-refractivity contribution is 0.112. The van der Waals surface area contributed by atoms with E-state index in [-0.39, 0.29) is 3.57 Å². The first-order chi connectivity index (χ1) is 4.75. The molecule has 1 aromatic heterocycles. The lowest BCUT2D eigenvalue weighted by Crippen LogP contribution is -1.92. The summed E-state index contributed by atoms with van der Waals surface area (Å²) < 4.78 is 12.8. The monoisotopic (exact) mass is 251 g/mol. The number of rotatable bonds is 1. The van der Waals surface area contributed by atoms with E-state index in [2.05, 4.69) is 4.98 Å². The maximum absolute atomic E-state index is 12.5. The highest BCUT2D eigenvalue weighted by atomic mass is 127. The predicted octanol–water partition coefficient (Wildman–Crippen LogP) is 1.64. The standard InChI is InChI=1S/C6H3FINO/c7-6-5(8)4(3-10)1-2-9-6/h1-3H. The topological polar surface area (TPSA) is 30.0 Å². The summed E-state index contributed by atoms with van der Waals surface area (Å²) in [5.41, 5.74) is 0.341. The number of carbonyl (C=O) groups is 1. The van der Waals surface area contributed by atoms with Crippen LogP contribution in [-0.4, -0.2) is 11.3 Å². The van der Waals surface area contributed by atoms with Crippen LogP contribution in [0.1, 0.15) is 10.4 Å². The van der Waals surface area contributed by atoms with E-state index >= 15 is 0 Å². The molecule has 0 radical (unpaired) electrons. The molecule has 0 fully saturated rings. The second-order valence-electron chi connectivity index (χ2n) is 1.62. The summed E-state index contributed by atoms with van der Waals surface area (Å²) in [6.45, 7) is 0. The SMILES string of the molecule is O=Cc1ccnc(F)c1I. The van der Waals surface area contributed by atoms with Gasteiger partial charge in [0.2, 0.25) is 5.95 Å². The van der Waals surface area contributed by atoms with Crippen molar-refractivity contribution in [3.8, 4) is 0 Å². The van der Waals surface area contributed by atoms with E-state index < -0.39 is 5.95 Å². The summed E-state index contributed by atoms with van der Waals surface area (Å²) in [6, 6.07) is 1.47. The highest BCUT2D eigenvalue weighted by Gasteiger charge is 2.03. The van der Waals surface area contributed by atoms with Gasteiger partial charge in [0.15, 0.2) is 6.29 Å². The van der Waals surface area contributed by atoms with Crippen LogP contribution in [0.2, 0.25) is 0 Å². The second-order valence-corrected chi connectivity index (χ2v) is 2.70. The molecule has 0 saturated heterocycles. The molecule has 0 bridgehead atoms. The van der Waals surface area contributed by atoms with Crippen LogP contribution in [0.25, 0.3) is 0 Å². The lowest BCUT2D eigenvalue weighted by Gasteiger charge is -1.93. The van der Waals surface area contributed by atoms with Crippen LogP contribution in [0.5, 0.6) is 0 Å². The van der Waals surface area contributed by atoms with Crippen LogP contribution in [0.4, 0.5) is 4.39 Å². The number of pyridine rings is 1. The molecule has 1 aromatic rings. The maximum atomic E-state index is 12.5. The Morgan fingerprint density at radius 1 is 1.70 bits per heavy atom. The van der Waals surface area contributed by atoms with Gasteiger partial charge in [0.1, 0.15) is 0 Å². The smallest absolute Gasteiger partial charge is 0.227 e. The number of halogens is 2. The van der Waals surface area contributed by atoms with Gasteiger partial charge in [-0.15, -0.1) is 0 Å². The summed E-state index contributed by atoms with van der Waals surface area (Å²) in [5.74, 6) is -0.592. The average Bonchev–Trinajstić information content (AvgIpc) is 1.95. The fourth-order valence-electron chi connectivity index (χ4n) is 0.523. The van der Waals surface area contributed by atoms with E-state index in [4.69, 9.17) is 0 Å². The molecule has 0 aliphatic rings. The normalized spacial score (nSPS) is 9.40. The van der Waals surface area contributed by atoms with E-state index in [1.807, 2.05) is 0 Å². The molecule has 0 unspecified atom stereocenters. The van der Waals surface area contributed by atoms with Crippen LogP contribution < -0.4 is 0 Å². The number of aldehydes is 1. The zero-order chi connectivity index (χ0) is 7.56. The minimum Gasteiger partial charge on any atom is -0.298 e. The number of hydrogen-bond acceptors (Lipinski definition) is 2. The summed E-state index contributed by atoms with van der Waals surface area (Å²) in [7, 11) is 0. The molecule has 10 heavy (non-hydrogen) atoms. The summed E-state index contributed by atoms with van der Waals surface area (Å²) in [6.07, 6.45) is 1.87. The van der Waals surface area contributed by atoms with Crippen molar-refractivity contribution in [2.75, 3.05) is 0 Å². The molecule has 4 heteroatoms. The van der Waals surface area contributed by atoms with E-state index in [9.17, 15) is 9.18 Å². The maximum Gasteiger partial charge on any atom is 0.227 e. The summed E-state index contributed by atoms with van der Waals surface area (Å²) in [5, 5.41) is 0. The number of nitrogens with zero attached hydrogens (tertiary/aromatic N) is 1. The van der Waals surface area contributed by atoms with Crippen molar-refractivity contribution in [1.82, 2.24) is 4.98 Å². The third-order valence-electron chi connectivity index (χ3n) is 1.00. The molecular weight excluding hydrogens is 248 g/mol. The molecule has 0 aromatic carbocycles. The lowest BCUT2D eigenvalue weighted by atomic mass is 10.3. The van der Waals surface area contributed by atoms with Crippen molar-refractivity contribution in [1.29, 1.82) is 0 Å².